The molecule has 2 heterocycles. The van der Waals surface area contributed by atoms with E-state index in [4.69, 9.17) is 4.74 Å². The van der Waals surface area contributed by atoms with Crippen LogP contribution in [0.5, 0.6) is 5.75 Å². The van der Waals surface area contributed by atoms with Gasteiger partial charge in [-0.05, 0) is 37.3 Å². The van der Waals surface area contributed by atoms with Crippen molar-refractivity contribution in [2.75, 3.05) is 12.4 Å². The molecule has 0 saturated heterocycles. The minimum atomic E-state index is 0.825. The van der Waals surface area contributed by atoms with Crippen molar-refractivity contribution >= 4 is 53.9 Å². The van der Waals surface area contributed by atoms with Crippen LogP contribution in [0.15, 0.2) is 36.4 Å². The second kappa shape index (κ2) is 5.23. The summed E-state index contributed by atoms with van der Waals surface area (Å²) in [4.78, 5) is 9.10. The van der Waals surface area contributed by atoms with E-state index in [2.05, 4.69) is 21.4 Å². The molecular formula is C16H13N3OS2. The van der Waals surface area contributed by atoms with Gasteiger partial charge in [0.05, 0.1) is 32.6 Å². The van der Waals surface area contributed by atoms with Crippen LogP contribution in [-0.2, 0) is 0 Å². The monoisotopic (exact) mass is 327 g/mol. The summed E-state index contributed by atoms with van der Waals surface area (Å²) in [5, 5.41) is 5.34. The molecule has 0 amide bonds. The van der Waals surface area contributed by atoms with Crippen LogP contribution in [0.25, 0.3) is 20.4 Å². The number of nitrogens with one attached hydrogen (secondary N) is 1. The minimum Gasteiger partial charge on any atom is -0.497 e. The van der Waals surface area contributed by atoms with Crippen molar-refractivity contribution in [2.45, 2.75) is 6.92 Å². The molecule has 2 aromatic heterocycles. The molecule has 4 aromatic rings. The summed E-state index contributed by atoms with van der Waals surface area (Å²) in [5.74, 6) is 0.825. The lowest BCUT2D eigenvalue weighted by atomic mass is 10.3. The number of aryl methyl sites for hydroxylation is 1. The number of methoxy groups -OCH3 is 1. The SMILES string of the molecule is COc1ccc2sc(Nc3ccc4nc(C)sc4c3)nc2c1. The van der Waals surface area contributed by atoms with E-state index < -0.39 is 0 Å². The van der Waals surface area contributed by atoms with Gasteiger partial charge >= 0.3 is 0 Å². The van der Waals surface area contributed by atoms with Crippen LogP contribution in [0.3, 0.4) is 0 Å². The van der Waals surface area contributed by atoms with Crippen LogP contribution in [0, 0.1) is 6.92 Å². The first-order valence-corrected chi connectivity index (χ1v) is 8.43. The number of rotatable bonds is 3. The molecule has 0 saturated carbocycles. The minimum absolute atomic E-state index is 0.825. The fourth-order valence-corrected chi connectivity index (χ4v) is 4.06. The maximum atomic E-state index is 5.24. The number of hydrogen-bond donors (Lipinski definition) is 1. The average Bonchev–Trinajstić information content (AvgIpc) is 3.07. The lowest BCUT2D eigenvalue weighted by molar-refractivity contribution is 0.415. The predicted molar refractivity (Wildman–Crippen MR) is 93.8 cm³/mol. The van der Waals surface area contributed by atoms with Crippen LogP contribution in [0.4, 0.5) is 10.8 Å². The third-order valence-corrected chi connectivity index (χ3v) is 5.23. The first-order chi connectivity index (χ1) is 10.7. The van der Waals surface area contributed by atoms with E-state index >= 15 is 0 Å². The number of benzene rings is 2. The smallest absolute Gasteiger partial charge is 0.188 e. The highest BCUT2D eigenvalue weighted by molar-refractivity contribution is 7.22. The van der Waals surface area contributed by atoms with Crippen LogP contribution < -0.4 is 10.1 Å². The normalized spacial score (nSPS) is 11.2. The summed E-state index contributed by atoms with van der Waals surface area (Å²) < 4.78 is 7.56. The lowest BCUT2D eigenvalue weighted by Crippen LogP contribution is -1.88. The topological polar surface area (TPSA) is 47.0 Å². The van der Waals surface area contributed by atoms with Gasteiger partial charge in [-0.15, -0.1) is 11.3 Å². The maximum Gasteiger partial charge on any atom is 0.188 e. The fourth-order valence-electron chi connectivity index (χ4n) is 2.33. The molecule has 2 aromatic carbocycles. The van der Waals surface area contributed by atoms with Gasteiger partial charge in [0.25, 0.3) is 0 Å². The van der Waals surface area contributed by atoms with E-state index in [1.54, 1.807) is 29.8 Å². The molecule has 1 N–H and O–H groups in total. The third kappa shape index (κ3) is 2.40. The molecule has 0 unspecified atom stereocenters. The number of thiazole rings is 2. The van der Waals surface area contributed by atoms with E-state index in [-0.39, 0.29) is 0 Å². The van der Waals surface area contributed by atoms with Crippen molar-refractivity contribution in [3.8, 4) is 5.75 Å². The number of anilines is 2. The van der Waals surface area contributed by atoms with Crippen molar-refractivity contribution in [1.82, 2.24) is 9.97 Å². The van der Waals surface area contributed by atoms with Gasteiger partial charge in [-0.25, -0.2) is 9.97 Å². The van der Waals surface area contributed by atoms with E-state index in [9.17, 15) is 0 Å². The van der Waals surface area contributed by atoms with E-state index in [1.165, 1.54) is 4.70 Å². The van der Waals surface area contributed by atoms with Gasteiger partial charge < -0.3 is 10.1 Å². The second-order valence-corrected chi connectivity index (χ2v) is 7.16. The molecule has 110 valence electrons. The Balaban J connectivity index is 1.68. The molecule has 0 atom stereocenters. The molecule has 0 bridgehead atoms. The Hall–Kier alpha value is -2.18. The van der Waals surface area contributed by atoms with Crippen LogP contribution >= 0.6 is 22.7 Å². The summed E-state index contributed by atoms with van der Waals surface area (Å²) in [7, 11) is 1.67. The molecule has 0 aliphatic carbocycles. The van der Waals surface area contributed by atoms with E-state index in [1.807, 2.05) is 37.3 Å². The van der Waals surface area contributed by atoms with Crippen LogP contribution in [0.2, 0.25) is 0 Å². The summed E-state index contributed by atoms with van der Waals surface area (Å²) in [5.41, 5.74) is 3.02. The van der Waals surface area contributed by atoms with Gasteiger partial charge in [0.2, 0.25) is 0 Å². The van der Waals surface area contributed by atoms with Gasteiger partial charge in [0, 0.05) is 11.8 Å². The van der Waals surface area contributed by atoms with Gasteiger partial charge in [0.15, 0.2) is 5.13 Å². The van der Waals surface area contributed by atoms with E-state index in [0.717, 1.165) is 37.3 Å². The standard InChI is InChI=1S/C16H13N3OS2/c1-9-17-12-5-3-10(7-15(12)21-9)18-16-19-13-8-11(20-2)4-6-14(13)22-16/h3-8H,1-2H3,(H,18,19). The summed E-state index contributed by atoms with van der Waals surface area (Å²) in [6.07, 6.45) is 0. The Kier molecular flexibility index (Phi) is 3.20. The highest BCUT2D eigenvalue weighted by Gasteiger charge is 2.07. The average molecular weight is 327 g/mol. The molecule has 22 heavy (non-hydrogen) atoms. The highest BCUT2D eigenvalue weighted by atomic mass is 32.1. The lowest BCUT2D eigenvalue weighted by Gasteiger charge is -2.01. The van der Waals surface area contributed by atoms with Gasteiger partial charge in [-0.1, -0.05) is 11.3 Å². The number of fused-ring (bicyclic) bond motifs is 2. The summed E-state index contributed by atoms with van der Waals surface area (Å²) in [6.45, 7) is 2.03. The molecule has 4 nitrogen and oxygen atoms in total. The zero-order chi connectivity index (χ0) is 15.1. The first-order valence-electron chi connectivity index (χ1n) is 6.80. The Labute approximate surface area is 135 Å². The number of nitrogens with zero attached hydrogens (tertiary/aromatic N) is 2. The van der Waals surface area contributed by atoms with Crippen molar-refractivity contribution < 1.29 is 4.74 Å². The Morgan fingerprint density at radius 2 is 1.86 bits per heavy atom. The fraction of sp³-hybridized carbons (Fsp3) is 0.125. The van der Waals surface area contributed by atoms with Gasteiger partial charge in [-0.2, -0.15) is 0 Å². The molecule has 4 rings (SSSR count). The van der Waals surface area contributed by atoms with Crippen molar-refractivity contribution in [3.63, 3.8) is 0 Å². The number of hydrogen-bond acceptors (Lipinski definition) is 6. The first kappa shape index (κ1) is 13.5. The predicted octanol–water partition coefficient (Wildman–Crippen LogP) is 4.97. The quantitative estimate of drug-likeness (QED) is 0.577. The van der Waals surface area contributed by atoms with Gasteiger partial charge in [-0.3, -0.25) is 0 Å². The zero-order valence-corrected chi connectivity index (χ0v) is 13.7. The van der Waals surface area contributed by atoms with Crippen molar-refractivity contribution in [3.05, 3.63) is 41.4 Å². The third-order valence-electron chi connectivity index (χ3n) is 3.34. The molecular weight excluding hydrogens is 314 g/mol. The summed E-state index contributed by atoms with van der Waals surface area (Å²) in [6, 6.07) is 12.1. The van der Waals surface area contributed by atoms with E-state index in [0.29, 0.717) is 0 Å². The Morgan fingerprint density at radius 3 is 2.73 bits per heavy atom. The molecule has 0 radical (unpaired) electrons. The molecule has 0 spiro atoms. The Bertz CT molecular complexity index is 974. The Morgan fingerprint density at radius 1 is 0.955 bits per heavy atom. The molecule has 6 heteroatoms. The van der Waals surface area contributed by atoms with Crippen molar-refractivity contribution in [1.29, 1.82) is 0 Å². The second-order valence-electron chi connectivity index (χ2n) is 4.89. The summed E-state index contributed by atoms with van der Waals surface area (Å²) >= 11 is 3.33. The zero-order valence-electron chi connectivity index (χ0n) is 12.1. The molecule has 0 fully saturated rings. The molecule has 0 aliphatic heterocycles. The maximum absolute atomic E-state index is 5.24. The number of aromatic nitrogens is 2. The highest BCUT2D eigenvalue weighted by Crippen LogP contribution is 2.32. The van der Waals surface area contributed by atoms with Gasteiger partial charge in [0.1, 0.15) is 5.75 Å². The molecule has 0 aliphatic rings. The van der Waals surface area contributed by atoms with Crippen LogP contribution in [0.1, 0.15) is 5.01 Å². The van der Waals surface area contributed by atoms with Crippen molar-refractivity contribution in [2.24, 2.45) is 0 Å². The largest absolute Gasteiger partial charge is 0.497 e. The number of ether oxygens (including phenoxy) is 1. The van der Waals surface area contributed by atoms with Crippen LogP contribution in [-0.4, -0.2) is 17.1 Å².